The molecule has 0 bridgehead atoms. The van der Waals surface area contributed by atoms with Crippen LogP contribution in [0.1, 0.15) is 37.8 Å². The van der Waals surface area contributed by atoms with E-state index in [1.54, 1.807) is 26.0 Å². The predicted octanol–water partition coefficient (Wildman–Crippen LogP) is 1.96. The summed E-state index contributed by atoms with van der Waals surface area (Å²) >= 11 is 0. The second kappa shape index (κ2) is 7.24. The summed E-state index contributed by atoms with van der Waals surface area (Å²) in [7, 11) is -3.67. The molecule has 0 aromatic heterocycles. The summed E-state index contributed by atoms with van der Waals surface area (Å²) in [5.41, 5.74) is 7.60. The molecule has 0 aliphatic rings. The second-order valence-electron chi connectivity index (χ2n) is 5.47. The van der Waals surface area contributed by atoms with Crippen molar-refractivity contribution in [3.05, 3.63) is 23.3 Å². The van der Waals surface area contributed by atoms with E-state index in [0.29, 0.717) is 11.3 Å². The summed E-state index contributed by atoms with van der Waals surface area (Å²) in [6.07, 6.45) is 0.947. The molecule has 0 aliphatic heterocycles. The zero-order valence-electron chi connectivity index (χ0n) is 13.2. The fraction of sp³-hybridized carbons (Fsp3) is 0.600. The van der Waals surface area contributed by atoms with E-state index in [2.05, 4.69) is 4.72 Å². The SMILES string of the molecule is CCC(CC)C(O)CNS(=O)(=O)c1cc(C)cc(N)c1C. The number of nitrogens with two attached hydrogens (primary N) is 1. The molecule has 0 amide bonds. The van der Waals surface area contributed by atoms with Crippen molar-refractivity contribution in [3.63, 3.8) is 0 Å². The van der Waals surface area contributed by atoms with Gasteiger partial charge in [-0.15, -0.1) is 0 Å². The van der Waals surface area contributed by atoms with Gasteiger partial charge in [-0.3, -0.25) is 0 Å². The number of sulfonamides is 1. The molecule has 0 fully saturated rings. The van der Waals surface area contributed by atoms with Crippen LogP contribution in [0.3, 0.4) is 0 Å². The minimum Gasteiger partial charge on any atom is -0.398 e. The Hall–Kier alpha value is -1.11. The lowest BCUT2D eigenvalue weighted by atomic mass is 9.97. The van der Waals surface area contributed by atoms with Gasteiger partial charge in [-0.05, 0) is 43.0 Å². The van der Waals surface area contributed by atoms with Gasteiger partial charge in [-0.1, -0.05) is 26.7 Å². The van der Waals surface area contributed by atoms with Gasteiger partial charge in [0.05, 0.1) is 11.0 Å². The Kier molecular flexibility index (Phi) is 6.19. The third-order valence-corrected chi connectivity index (χ3v) is 5.46. The monoisotopic (exact) mass is 314 g/mol. The molecule has 21 heavy (non-hydrogen) atoms. The van der Waals surface area contributed by atoms with Crippen molar-refractivity contribution in [1.82, 2.24) is 4.72 Å². The van der Waals surface area contributed by atoms with E-state index >= 15 is 0 Å². The zero-order valence-corrected chi connectivity index (χ0v) is 14.0. The lowest BCUT2D eigenvalue weighted by Gasteiger charge is -2.21. The number of anilines is 1. The van der Waals surface area contributed by atoms with E-state index in [9.17, 15) is 13.5 Å². The number of rotatable bonds is 7. The third kappa shape index (κ3) is 4.43. The first-order valence-electron chi connectivity index (χ1n) is 7.27. The number of benzene rings is 1. The second-order valence-corrected chi connectivity index (χ2v) is 7.21. The zero-order chi connectivity index (χ0) is 16.2. The first-order chi connectivity index (χ1) is 9.72. The molecule has 4 N–H and O–H groups in total. The van der Waals surface area contributed by atoms with Crippen LogP contribution in [0.5, 0.6) is 0 Å². The highest BCUT2D eigenvalue weighted by molar-refractivity contribution is 7.89. The lowest BCUT2D eigenvalue weighted by molar-refractivity contribution is 0.107. The third-order valence-electron chi connectivity index (χ3n) is 3.91. The maximum Gasteiger partial charge on any atom is 0.241 e. The number of aliphatic hydroxyl groups is 1. The van der Waals surface area contributed by atoms with Crippen molar-refractivity contribution in [2.45, 2.75) is 51.5 Å². The molecular formula is C15H26N2O3S. The number of hydrogen-bond donors (Lipinski definition) is 3. The Balaban J connectivity index is 2.93. The van der Waals surface area contributed by atoms with Crippen LogP contribution in [0.15, 0.2) is 17.0 Å². The molecule has 5 nitrogen and oxygen atoms in total. The summed E-state index contributed by atoms with van der Waals surface area (Å²) in [4.78, 5) is 0.178. The van der Waals surface area contributed by atoms with E-state index in [1.807, 2.05) is 13.8 Å². The molecule has 0 saturated carbocycles. The highest BCUT2D eigenvalue weighted by atomic mass is 32.2. The first kappa shape index (κ1) is 17.9. The number of nitrogens with one attached hydrogen (secondary N) is 1. The molecule has 0 radical (unpaired) electrons. The topological polar surface area (TPSA) is 92.4 Å². The van der Waals surface area contributed by atoms with Crippen molar-refractivity contribution in [3.8, 4) is 0 Å². The van der Waals surface area contributed by atoms with Crippen molar-refractivity contribution in [2.24, 2.45) is 5.92 Å². The van der Waals surface area contributed by atoms with Crippen LogP contribution in [0.25, 0.3) is 0 Å². The Bertz CT molecular complexity index is 581. The van der Waals surface area contributed by atoms with E-state index < -0.39 is 16.1 Å². The summed E-state index contributed by atoms with van der Waals surface area (Å²) in [5.74, 6) is 0.0939. The van der Waals surface area contributed by atoms with E-state index in [-0.39, 0.29) is 17.4 Å². The van der Waals surface area contributed by atoms with Gasteiger partial charge in [0.25, 0.3) is 0 Å². The van der Waals surface area contributed by atoms with Crippen LogP contribution in [0, 0.1) is 19.8 Å². The Morgan fingerprint density at radius 1 is 1.24 bits per heavy atom. The number of hydrogen-bond acceptors (Lipinski definition) is 4. The van der Waals surface area contributed by atoms with Gasteiger partial charge >= 0.3 is 0 Å². The van der Waals surface area contributed by atoms with Crippen molar-refractivity contribution >= 4 is 15.7 Å². The summed E-state index contributed by atoms with van der Waals surface area (Å²) < 4.78 is 27.3. The summed E-state index contributed by atoms with van der Waals surface area (Å²) in [6, 6.07) is 3.34. The van der Waals surface area contributed by atoms with E-state index in [0.717, 1.165) is 18.4 Å². The van der Waals surface area contributed by atoms with E-state index in [1.165, 1.54) is 0 Å². The fourth-order valence-electron chi connectivity index (χ4n) is 2.40. The van der Waals surface area contributed by atoms with E-state index in [4.69, 9.17) is 5.73 Å². The van der Waals surface area contributed by atoms with Gasteiger partial charge in [-0.2, -0.15) is 0 Å². The van der Waals surface area contributed by atoms with Crippen molar-refractivity contribution in [1.29, 1.82) is 0 Å². The highest BCUT2D eigenvalue weighted by Gasteiger charge is 2.22. The maximum absolute atomic E-state index is 12.4. The first-order valence-corrected chi connectivity index (χ1v) is 8.75. The Morgan fingerprint density at radius 2 is 1.81 bits per heavy atom. The van der Waals surface area contributed by atoms with Crippen LogP contribution in [0.4, 0.5) is 5.69 Å². The van der Waals surface area contributed by atoms with Gasteiger partial charge in [0.15, 0.2) is 0 Å². The lowest BCUT2D eigenvalue weighted by Crippen LogP contribution is -2.36. The Morgan fingerprint density at radius 3 is 2.33 bits per heavy atom. The molecule has 0 heterocycles. The predicted molar refractivity (Wildman–Crippen MR) is 85.6 cm³/mol. The Labute approximate surface area is 127 Å². The quantitative estimate of drug-likeness (QED) is 0.671. The van der Waals surface area contributed by atoms with Crippen LogP contribution < -0.4 is 10.5 Å². The van der Waals surface area contributed by atoms with Gasteiger partial charge in [0.1, 0.15) is 0 Å². The van der Waals surface area contributed by atoms with Gasteiger partial charge < -0.3 is 10.8 Å². The largest absolute Gasteiger partial charge is 0.398 e. The number of nitrogen functional groups attached to an aromatic ring is 1. The molecule has 6 heteroatoms. The normalized spacial score (nSPS) is 13.6. The minimum atomic E-state index is -3.67. The molecule has 0 aliphatic carbocycles. The van der Waals surface area contributed by atoms with Gasteiger partial charge in [0.2, 0.25) is 10.0 Å². The molecule has 1 rings (SSSR count). The highest BCUT2D eigenvalue weighted by Crippen LogP contribution is 2.23. The number of aryl methyl sites for hydroxylation is 1. The van der Waals surface area contributed by atoms with Crippen LogP contribution in [-0.2, 0) is 10.0 Å². The van der Waals surface area contributed by atoms with Crippen molar-refractivity contribution < 1.29 is 13.5 Å². The standard InChI is InChI=1S/C15H26N2O3S/c1-5-12(6-2)14(18)9-17-21(19,20)15-8-10(3)7-13(16)11(15)4/h7-8,12,14,17-18H,5-6,9,16H2,1-4H3. The van der Waals surface area contributed by atoms with Crippen LogP contribution >= 0.6 is 0 Å². The van der Waals surface area contributed by atoms with Crippen molar-refractivity contribution in [2.75, 3.05) is 12.3 Å². The maximum atomic E-state index is 12.4. The van der Waals surface area contributed by atoms with Crippen LogP contribution in [-0.4, -0.2) is 26.2 Å². The van der Waals surface area contributed by atoms with Gasteiger partial charge in [0, 0.05) is 12.2 Å². The van der Waals surface area contributed by atoms with Crippen LogP contribution in [0.2, 0.25) is 0 Å². The smallest absolute Gasteiger partial charge is 0.241 e. The average Bonchev–Trinajstić information content (AvgIpc) is 2.42. The number of aliphatic hydroxyl groups excluding tert-OH is 1. The molecule has 0 spiro atoms. The minimum absolute atomic E-state index is 0.0158. The molecule has 1 unspecified atom stereocenters. The summed E-state index contributed by atoms with van der Waals surface area (Å²) in [6.45, 7) is 7.46. The summed E-state index contributed by atoms with van der Waals surface area (Å²) in [5, 5.41) is 10.0. The molecule has 120 valence electrons. The molecule has 0 saturated heterocycles. The fourth-order valence-corrected chi connectivity index (χ4v) is 3.81. The molecule has 1 aromatic carbocycles. The molecule has 1 aromatic rings. The average molecular weight is 314 g/mol. The van der Waals surface area contributed by atoms with Gasteiger partial charge in [-0.25, -0.2) is 13.1 Å². The molecular weight excluding hydrogens is 288 g/mol. The molecule has 1 atom stereocenters.